The number of nitriles is 1. The topological polar surface area (TPSA) is 27.0 Å². The van der Waals surface area contributed by atoms with Crippen molar-refractivity contribution >= 4 is 16.8 Å². The van der Waals surface area contributed by atoms with Crippen LogP contribution in [0.5, 0.6) is 0 Å². The molecule has 0 saturated heterocycles. The second kappa shape index (κ2) is 11.6. The molecule has 0 aromatic heterocycles. The van der Waals surface area contributed by atoms with Crippen LogP contribution < -0.4 is 4.90 Å². The molecule has 2 nitrogen and oxygen atoms in total. The molecule has 214 valence electrons. The summed E-state index contributed by atoms with van der Waals surface area (Å²) in [4.78, 5) is 2.58. The molecule has 0 radical (unpaired) electrons. The lowest BCUT2D eigenvalue weighted by Crippen LogP contribution is -2.24. The fraction of sp³-hybridized carbons (Fsp3) is 0.361. The van der Waals surface area contributed by atoms with Gasteiger partial charge in [-0.15, -0.1) is 0 Å². The third-order valence-electron chi connectivity index (χ3n) is 8.29. The second-order valence-corrected chi connectivity index (χ2v) is 12.1. The average molecular weight is 557 g/mol. The maximum absolute atomic E-state index is 10.4. The van der Waals surface area contributed by atoms with Crippen molar-refractivity contribution < 1.29 is 13.2 Å². The molecule has 0 N–H and O–H groups in total. The first-order chi connectivity index (χ1) is 19.2. The molecule has 5 heteroatoms. The summed E-state index contributed by atoms with van der Waals surface area (Å²) in [6.07, 6.45) is 1.24. The van der Waals surface area contributed by atoms with Gasteiger partial charge in [0.2, 0.25) is 0 Å². The summed E-state index contributed by atoms with van der Waals surface area (Å²) < 4.78 is 31.1. The predicted octanol–water partition coefficient (Wildman–Crippen LogP) is 9.92. The number of hydrogen-bond donors (Lipinski definition) is 0. The standard InChI is InChI=1S/C21H23N.C13H13N.C2H3F3/c1-15(2)18-5-4-6-19-20(18)22(14-21(19)11-12-21)13-17-9-7-16(3)8-10-17;1-10(9-14)11-3-5-12(6-4-11)13(2)7-8-13;1-2(3,4)5/h4-10H,1,11-14H2,2-3H3;3-6H,1,7-8H2,2H3;1H3. The minimum Gasteiger partial charge on any atom is -0.366 e. The highest BCUT2D eigenvalue weighted by molar-refractivity contribution is 5.81. The van der Waals surface area contributed by atoms with Crippen LogP contribution in [0, 0.1) is 18.3 Å². The first-order valence-electron chi connectivity index (χ1n) is 14.1. The number of aryl methyl sites for hydroxylation is 1. The number of para-hydroxylation sites is 1. The van der Waals surface area contributed by atoms with Crippen LogP contribution >= 0.6 is 0 Å². The predicted molar refractivity (Wildman–Crippen MR) is 164 cm³/mol. The molecule has 1 aliphatic heterocycles. The van der Waals surface area contributed by atoms with Crippen molar-refractivity contribution in [2.24, 2.45) is 0 Å². The van der Waals surface area contributed by atoms with Crippen LogP contribution in [-0.2, 0) is 17.4 Å². The monoisotopic (exact) mass is 556 g/mol. The summed E-state index contributed by atoms with van der Waals surface area (Å²) >= 11 is 0. The van der Waals surface area contributed by atoms with E-state index in [0.29, 0.717) is 16.4 Å². The molecule has 1 heterocycles. The van der Waals surface area contributed by atoms with Crippen molar-refractivity contribution in [1.82, 2.24) is 0 Å². The number of fused-ring (bicyclic) bond motifs is 2. The third kappa shape index (κ3) is 7.50. The van der Waals surface area contributed by atoms with Crippen LogP contribution in [-0.4, -0.2) is 12.7 Å². The Labute approximate surface area is 242 Å². The van der Waals surface area contributed by atoms with Crippen LogP contribution in [0.1, 0.15) is 79.8 Å². The van der Waals surface area contributed by atoms with Gasteiger partial charge in [0, 0.05) is 36.7 Å². The van der Waals surface area contributed by atoms with Gasteiger partial charge in [-0.05, 0) is 72.8 Å². The molecule has 0 unspecified atom stereocenters. The summed E-state index contributed by atoms with van der Waals surface area (Å²) in [5.41, 5.74) is 11.9. The Morgan fingerprint density at radius 3 is 2.02 bits per heavy atom. The van der Waals surface area contributed by atoms with Gasteiger partial charge in [0.15, 0.2) is 0 Å². The average Bonchev–Trinajstić information content (AvgIpc) is 3.84. The lowest BCUT2D eigenvalue weighted by Gasteiger charge is -2.23. The van der Waals surface area contributed by atoms with E-state index in [0.717, 1.165) is 12.1 Å². The van der Waals surface area contributed by atoms with Crippen LogP contribution in [0.25, 0.3) is 11.1 Å². The largest absolute Gasteiger partial charge is 0.386 e. The number of hydrogen-bond acceptors (Lipinski definition) is 2. The Kier molecular flexibility index (Phi) is 8.54. The molecule has 6 rings (SSSR count). The zero-order chi connectivity index (χ0) is 30.0. The number of anilines is 1. The highest BCUT2D eigenvalue weighted by Crippen LogP contribution is 2.58. The quantitative estimate of drug-likeness (QED) is 0.292. The molecular formula is C36H39F3N2. The molecule has 3 aliphatic rings. The summed E-state index contributed by atoms with van der Waals surface area (Å²) in [7, 11) is 0. The van der Waals surface area contributed by atoms with Gasteiger partial charge in [-0.1, -0.05) is 92.4 Å². The Morgan fingerprint density at radius 1 is 0.951 bits per heavy atom. The first kappa shape index (κ1) is 30.2. The van der Waals surface area contributed by atoms with E-state index < -0.39 is 6.18 Å². The Balaban J connectivity index is 0.000000174. The van der Waals surface area contributed by atoms with Gasteiger partial charge in [-0.2, -0.15) is 18.4 Å². The maximum Gasteiger partial charge on any atom is 0.386 e. The summed E-state index contributed by atoms with van der Waals surface area (Å²) in [6, 6.07) is 26.0. The second-order valence-electron chi connectivity index (χ2n) is 12.1. The highest BCUT2D eigenvalue weighted by Gasteiger charge is 2.52. The number of halogens is 3. The molecule has 0 atom stereocenters. The van der Waals surface area contributed by atoms with Crippen LogP contribution in [0.15, 0.2) is 79.9 Å². The molecule has 41 heavy (non-hydrogen) atoms. The normalized spacial score (nSPS) is 16.8. The SMILES string of the molecule is C=C(C#N)c1ccc(C2(C)CC2)cc1.C=C(C)c1cccc2c1N(Cc1ccc(C)cc1)CC21CC1.CC(F)(F)F. The molecular weight excluding hydrogens is 517 g/mol. The van der Waals surface area contributed by atoms with Crippen molar-refractivity contribution in [1.29, 1.82) is 5.26 Å². The van der Waals surface area contributed by atoms with Gasteiger partial charge in [0.25, 0.3) is 0 Å². The Hall–Kier alpha value is -3.78. The zero-order valence-electron chi connectivity index (χ0n) is 24.5. The minimum absolute atomic E-state index is 0.188. The highest BCUT2D eigenvalue weighted by atomic mass is 19.4. The lowest BCUT2D eigenvalue weighted by molar-refractivity contribution is -0.110. The zero-order valence-corrected chi connectivity index (χ0v) is 24.5. The third-order valence-corrected chi connectivity index (χ3v) is 8.29. The molecule has 1 spiro atoms. The number of rotatable bonds is 5. The van der Waals surface area contributed by atoms with Gasteiger partial charge in [-0.25, -0.2) is 0 Å². The number of allylic oxidation sites excluding steroid dienone is 2. The van der Waals surface area contributed by atoms with Gasteiger partial charge < -0.3 is 4.90 Å². The lowest BCUT2D eigenvalue weighted by atomic mass is 9.95. The van der Waals surface area contributed by atoms with Gasteiger partial charge in [0.05, 0.1) is 11.6 Å². The van der Waals surface area contributed by atoms with E-state index in [1.165, 1.54) is 65.7 Å². The molecule has 2 aliphatic carbocycles. The molecule has 3 aromatic rings. The molecule has 0 bridgehead atoms. The van der Waals surface area contributed by atoms with Crippen molar-refractivity contribution in [2.45, 2.75) is 76.9 Å². The Morgan fingerprint density at radius 2 is 1.54 bits per heavy atom. The number of nitrogens with zero attached hydrogens (tertiary/aromatic N) is 2. The van der Waals surface area contributed by atoms with Crippen LogP contribution in [0.2, 0.25) is 0 Å². The molecule has 0 amide bonds. The van der Waals surface area contributed by atoms with E-state index in [1.807, 2.05) is 12.1 Å². The fourth-order valence-electron chi connectivity index (χ4n) is 5.43. The van der Waals surface area contributed by atoms with E-state index in [9.17, 15) is 13.2 Å². The minimum atomic E-state index is -4.00. The van der Waals surface area contributed by atoms with Crippen molar-refractivity contribution in [3.8, 4) is 6.07 Å². The summed E-state index contributed by atoms with van der Waals surface area (Å²) in [6.45, 7) is 16.8. The number of alkyl halides is 3. The first-order valence-corrected chi connectivity index (χ1v) is 14.1. The van der Waals surface area contributed by atoms with E-state index in [-0.39, 0.29) is 6.92 Å². The Bertz CT molecular complexity index is 1440. The van der Waals surface area contributed by atoms with E-state index in [1.54, 1.807) is 5.56 Å². The van der Waals surface area contributed by atoms with Gasteiger partial charge in [0.1, 0.15) is 0 Å². The van der Waals surface area contributed by atoms with E-state index >= 15 is 0 Å². The maximum atomic E-state index is 10.4. The molecule has 2 saturated carbocycles. The summed E-state index contributed by atoms with van der Waals surface area (Å²) in [5, 5.41) is 8.68. The smallest absolute Gasteiger partial charge is 0.366 e. The van der Waals surface area contributed by atoms with Gasteiger partial charge in [-0.3, -0.25) is 0 Å². The van der Waals surface area contributed by atoms with Crippen molar-refractivity contribution in [3.05, 3.63) is 113 Å². The van der Waals surface area contributed by atoms with Crippen molar-refractivity contribution in [2.75, 3.05) is 11.4 Å². The molecule has 2 fully saturated rings. The van der Waals surface area contributed by atoms with Crippen molar-refractivity contribution in [3.63, 3.8) is 0 Å². The van der Waals surface area contributed by atoms with Crippen LogP contribution in [0.4, 0.5) is 18.9 Å². The van der Waals surface area contributed by atoms with Crippen LogP contribution in [0.3, 0.4) is 0 Å². The fourth-order valence-corrected chi connectivity index (χ4v) is 5.43. The number of benzene rings is 3. The van der Waals surface area contributed by atoms with E-state index in [4.69, 9.17) is 5.26 Å². The summed E-state index contributed by atoms with van der Waals surface area (Å²) in [5.74, 6) is 0. The molecule has 3 aromatic carbocycles. The van der Waals surface area contributed by atoms with E-state index in [2.05, 4.69) is 99.5 Å². The van der Waals surface area contributed by atoms with Gasteiger partial charge >= 0.3 is 6.18 Å².